The molecule has 0 aromatic heterocycles. The molecule has 0 fully saturated rings. The molecule has 0 heterocycles. The van der Waals surface area contributed by atoms with Crippen LogP contribution in [0.1, 0.15) is 13.8 Å². The van der Waals surface area contributed by atoms with E-state index >= 15 is 0 Å². The highest BCUT2D eigenvalue weighted by molar-refractivity contribution is 9.11. The maximum Gasteiger partial charge on any atom is 0.219 e. The maximum absolute atomic E-state index is 10.9. The average Bonchev–Trinajstić information content (AvgIpc) is 1.60. The highest BCUT2D eigenvalue weighted by atomic mass is 79.9. The molecule has 0 spiro atoms. The number of carbonyl (C=O) groups is 1. The predicted molar refractivity (Wildman–Crippen MR) is 46.4 cm³/mol. The molecular formula is C5H8B2BrNO. The van der Waals surface area contributed by atoms with E-state index in [1.165, 1.54) is 0 Å². The Morgan fingerprint density at radius 3 is 2.10 bits per heavy atom. The second kappa shape index (κ2) is 3.46. The summed E-state index contributed by atoms with van der Waals surface area (Å²) in [6.45, 7) is 3.66. The lowest BCUT2D eigenvalue weighted by molar-refractivity contribution is -0.120. The second-order valence-electron chi connectivity index (χ2n) is 2.40. The quantitative estimate of drug-likeness (QED) is 0.488. The van der Waals surface area contributed by atoms with Crippen molar-refractivity contribution >= 4 is 37.5 Å². The fourth-order valence-corrected chi connectivity index (χ4v) is 0.487. The van der Waals surface area contributed by atoms with Gasteiger partial charge in [0, 0.05) is 10.2 Å². The SMILES string of the molecule is [B]C([B])(Br)C(=O)NC(C)C. The van der Waals surface area contributed by atoms with Gasteiger partial charge in [-0.1, -0.05) is 15.9 Å². The van der Waals surface area contributed by atoms with Gasteiger partial charge in [0.15, 0.2) is 0 Å². The van der Waals surface area contributed by atoms with Crippen molar-refractivity contribution in [1.82, 2.24) is 5.32 Å². The first-order chi connectivity index (χ1) is 4.34. The molecule has 1 amide bonds. The molecule has 0 aliphatic rings. The summed E-state index contributed by atoms with van der Waals surface area (Å²) >= 11 is 2.82. The molecule has 52 valence electrons. The van der Waals surface area contributed by atoms with Gasteiger partial charge < -0.3 is 5.32 Å². The normalized spacial score (nSPS) is 11.6. The first kappa shape index (κ1) is 10.1. The zero-order valence-corrected chi connectivity index (χ0v) is 7.60. The molecule has 0 saturated heterocycles. The first-order valence-corrected chi connectivity index (χ1v) is 3.71. The van der Waals surface area contributed by atoms with E-state index in [-0.39, 0.29) is 6.04 Å². The van der Waals surface area contributed by atoms with E-state index in [2.05, 4.69) is 21.2 Å². The summed E-state index contributed by atoms with van der Waals surface area (Å²) in [4.78, 5) is 10.9. The molecule has 2 nitrogen and oxygen atoms in total. The lowest BCUT2D eigenvalue weighted by atomic mass is 9.70. The topological polar surface area (TPSA) is 29.1 Å². The van der Waals surface area contributed by atoms with Gasteiger partial charge in [0.05, 0.1) is 15.7 Å². The highest BCUT2D eigenvalue weighted by Crippen LogP contribution is 2.07. The predicted octanol–water partition coefficient (Wildman–Crippen LogP) is -0.103. The highest BCUT2D eigenvalue weighted by Gasteiger charge is 2.22. The van der Waals surface area contributed by atoms with E-state index in [1.807, 2.05) is 13.8 Å². The van der Waals surface area contributed by atoms with Gasteiger partial charge in [-0.2, -0.15) is 0 Å². The van der Waals surface area contributed by atoms with Crippen molar-refractivity contribution < 1.29 is 4.79 Å². The van der Waals surface area contributed by atoms with Gasteiger partial charge in [-0.3, -0.25) is 4.79 Å². The van der Waals surface area contributed by atoms with Crippen molar-refractivity contribution in [1.29, 1.82) is 0 Å². The molecular weight excluding hydrogens is 192 g/mol. The van der Waals surface area contributed by atoms with Crippen LogP contribution in [0.15, 0.2) is 0 Å². The minimum absolute atomic E-state index is 0.0523. The fraction of sp³-hybridized carbons (Fsp3) is 0.800. The van der Waals surface area contributed by atoms with Gasteiger partial charge >= 0.3 is 0 Å². The van der Waals surface area contributed by atoms with Crippen LogP contribution in [0.5, 0.6) is 0 Å². The summed E-state index contributed by atoms with van der Waals surface area (Å²) in [5.74, 6) is -0.414. The molecule has 0 bridgehead atoms. The minimum Gasteiger partial charge on any atom is -0.354 e. The van der Waals surface area contributed by atoms with E-state index in [9.17, 15) is 4.79 Å². The molecule has 0 aliphatic heterocycles. The smallest absolute Gasteiger partial charge is 0.219 e. The van der Waals surface area contributed by atoms with Crippen LogP contribution in [0.2, 0.25) is 0 Å². The van der Waals surface area contributed by atoms with Gasteiger partial charge in [0.2, 0.25) is 5.91 Å². The number of alkyl halides is 1. The van der Waals surface area contributed by atoms with Crippen LogP contribution in [0.25, 0.3) is 0 Å². The number of amides is 1. The molecule has 0 aromatic carbocycles. The summed E-state index contributed by atoms with van der Waals surface area (Å²) in [7, 11) is 10.4. The molecule has 10 heavy (non-hydrogen) atoms. The lowest BCUT2D eigenvalue weighted by Gasteiger charge is -2.18. The largest absolute Gasteiger partial charge is 0.354 e. The van der Waals surface area contributed by atoms with Gasteiger partial charge in [-0.25, -0.2) is 0 Å². The molecule has 1 N–H and O–H groups in total. The molecule has 0 atom stereocenters. The molecule has 0 unspecified atom stereocenters. The number of carbonyl (C=O) groups excluding carboxylic acids is 1. The zero-order valence-electron chi connectivity index (χ0n) is 6.02. The molecule has 0 saturated carbocycles. The van der Waals surface area contributed by atoms with E-state index in [0.717, 1.165) is 0 Å². The fourth-order valence-electron chi connectivity index (χ4n) is 0.373. The van der Waals surface area contributed by atoms with E-state index in [4.69, 9.17) is 15.7 Å². The third kappa shape index (κ3) is 3.99. The summed E-state index contributed by atoms with van der Waals surface area (Å²) in [6, 6.07) is 0.0523. The Labute approximate surface area is 72.1 Å². The van der Waals surface area contributed by atoms with Crippen molar-refractivity contribution in [2.45, 2.75) is 24.0 Å². The molecule has 5 heteroatoms. The van der Waals surface area contributed by atoms with Crippen LogP contribution in [0.4, 0.5) is 0 Å². The van der Waals surface area contributed by atoms with Crippen molar-refractivity contribution in [3.05, 3.63) is 0 Å². The van der Waals surface area contributed by atoms with Crippen LogP contribution >= 0.6 is 15.9 Å². The summed E-state index contributed by atoms with van der Waals surface area (Å²) < 4.78 is -1.45. The molecule has 0 rings (SSSR count). The van der Waals surface area contributed by atoms with Crippen molar-refractivity contribution in [3.63, 3.8) is 0 Å². The summed E-state index contributed by atoms with van der Waals surface area (Å²) in [5, 5.41) is 2.55. The van der Waals surface area contributed by atoms with E-state index in [0.29, 0.717) is 0 Å². The summed E-state index contributed by atoms with van der Waals surface area (Å²) in [6.07, 6.45) is 0. The van der Waals surface area contributed by atoms with Crippen molar-refractivity contribution in [2.24, 2.45) is 0 Å². The van der Waals surface area contributed by atoms with Crippen molar-refractivity contribution in [3.8, 4) is 0 Å². The van der Waals surface area contributed by atoms with Crippen LogP contribution in [-0.4, -0.2) is 31.8 Å². The Balaban J connectivity index is 3.87. The number of hydrogen-bond acceptors (Lipinski definition) is 1. The van der Waals surface area contributed by atoms with Crippen LogP contribution in [0, 0.1) is 0 Å². The standard InChI is InChI=1S/C5H8B2BrNO/c1-3(2)9-4(10)5(6,7)8/h3H,1-2H3,(H,9,10). The van der Waals surface area contributed by atoms with Crippen LogP contribution < -0.4 is 5.32 Å². The van der Waals surface area contributed by atoms with E-state index in [1.54, 1.807) is 0 Å². The van der Waals surface area contributed by atoms with Crippen molar-refractivity contribution in [2.75, 3.05) is 0 Å². The van der Waals surface area contributed by atoms with Gasteiger partial charge in [-0.05, 0) is 13.8 Å². The average molecular weight is 200 g/mol. The Bertz CT molecular complexity index is 132. The molecule has 0 aromatic rings. The molecule has 0 aliphatic carbocycles. The van der Waals surface area contributed by atoms with Gasteiger partial charge in [0.1, 0.15) is 0 Å². The Hall–Kier alpha value is 0.0799. The minimum atomic E-state index is -1.45. The van der Waals surface area contributed by atoms with Crippen LogP contribution in [-0.2, 0) is 4.79 Å². The summed E-state index contributed by atoms with van der Waals surface area (Å²) in [5.41, 5.74) is 0. The monoisotopic (exact) mass is 199 g/mol. The third-order valence-electron chi connectivity index (χ3n) is 0.768. The number of nitrogens with one attached hydrogen (secondary N) is 1. The number of rotatable bonds is 2. The Morgan fingerprint density at radius 1 is 1.60 bits per heavy atom. The van der Waals surface area contributed by atoms with Crippen LogP contribution in [0.3, 0.4) is 0 Å². The number of hydrogen-bond donors (Lipinski definition) is 1. The van der Waals surface area contributed by atoms with E-state index < -0.39 is 10.0 Å². The number of halogens is 1. The zero-order chi connectivity index (χ0) is 8.36. The van der Waals surface area contributed by atoms with Gasteiger partial charge in [0.25, 0.3) is 0 Å². The van der Waals surface area contributed by atoms with Gasteiger partial charge in [-0.15, -0.1) is 0 Å². The first-order valence-electron chi connectivity index (χ1n) is 2.91. The second-order valence-corrected chi connectivity index (χ2v) is 3.71. The lowest BCUT2D eigenvalue weighted by Crippen LogP contribution is -2.45. The Morgan fingerprint density at radius 2 is 2.00 bits per heavy atom. The third-order valence-corrected chi connectivity index (χ3v) is 1.13. The molecule has 4 radical (unpaired) electrons. The maximum atomic E-state index is 10.9. The Kier molecular flexibility index (Phi) is 3.49.